The van der Waals surface area contributed by atoms with Crippen LogP contribution >= 0.6 is 11.6 Å². The van der Waals surface area contributed by atoms with Gasteiger partial charge < -0.3 is 10.1 Å². The van der Waals surface area contributed by atoms with E-state index < -0.39 is 12.1 Å². The van der Waals surface area contributed by atoms with Gasteiger partial charge in [0.05, 0.1) is 0 Å². The normalized spacial score (nSPS) is 17.3. The third-order valence-electron chi connectivity index (χ3n) is 3.82. The Balaban J connectivity index is 1.76. The van der Waals surface area contributed by atoms with Crippen molar-refractivity contribution >= 4 is 23.6 Å². The zero-order valence-electron chi connectivity index (χ0n) is 12.9. The van der Waals surface area contributed by atoms with Crippen LogP contribution in [0.3, 0.4) is 0 Å². The van der Waals surface area contributed by atoms with Crippen molar-refractivity contribution in [2.24, 2.45) is 0 Å². The Kier molecular flexibility index (Phi) is 5.01. The molecule has 2 aromatic rings. The van der Waals surface area contributed by atoms with Gasteiger partial charge in [0, 0.05) is 18.1 Å². The molecule has 1 fully saturated rings. The molecule has 0 saturated carbocycles. The molecule has 0 radical (unpaired) electrons. The lowest BCUT2D eigenvalue weighted by molar-refractivity contribution is -0.128. The lowest BCUT2D eigenvalue weighted by Gasteiger charge is -2.34. The van der Waals surface area contributed by atoms with E-state index in [2.05, 4.69) is 5.32 Å². The van der Waals surface area contributed by atoms with Crippen LogP contribution in [-0.2, 0) is 16.1 Å². The third kappa shape index (κ3) is 3.68. The molecule has 6 heteroatoms. The lowest BCUT2D eigenvalue weighted by Crippen LogP contribution is -2.52. The van der Waals surface area contributed by atoms with Crippen molar-refractivity contribution in [3.8, 4) is 0 Å². The highest BCUT2D eigenvalue weighted by molar-refractivity contribution is 6.30. The van der Waals surface area contributed by atoms with E-state index in [1.165, 1.54) is 4.90 Å². The summed E-state index contributed by atoms with van der Waals surface area (Å²) in [6.07, 6.45) is -0.515. The number of carbonyl (C=O) groups is 2. The SMILES string of the molecule is O=C1NCCN(C(=O)OCc2ccccc2)C1c1cccc(Cl)c1. The van der Waals surface area contributed by atoms with Crippen LogP contribution in [0, 0.1) is 0 Å². The van der Waals surface area contributed by atoms with Crippen LogP contribution in [0.5, 0.6) is 0 Å². The fraction of sp³-hybridized carbons (Fsp3) is 0.222. The number of hydrogen-bond acceptors (Lipinski definition) is 3. The number of hydrogen-bond donors (Lipinski definition) is 1. The molecule has 1 unspecified atom stereocenters. The van der Waals surface area contributed by atoms with Gasteiger partial charge in [0.1, 0.15) is 12.6 Å². The zero-order chi connectivity index (χ0) is 16.9. The van der Waals surface area contributed by atoms with Gasteiger partial charge in [-0.25, -0.2) is 4.79 Å². The van der Waals surface area contributed by atoms with E-state index in [1.54, 1.807) is 24.3 Å². The van der Waals surface area contributed by atoms with Crippen LogP contribution in [-0.4, -0.2) is 30.0 Å². The van der Waals surface area contributed by atoms with Crippen LogP contribution in [0.1, 0.15) is 17.2 Å². The number of nitrogens with zero attached hydrogens (tertiary/aromatic N) is 1. The maximum Gasteiger partial charge on any atom is 0.411 e. The zero-order valence-corrected chi connectivity index (χ0v) is 13.7. The number of benzene rings is 2. The Morgan fingerprint density at radius 1 is 1.21 bits per heavy atom. The number of nitrogens with one attached hydrogen (secondary N) is 1. The maximum absolute atomic E-state index is 12.5. The lowest BCUT2D eigenvalue weighted by atomic mass is 10.0. The average molecular weight is 345 g/mol. The van der Waals surface area contributed by atoms with Gasteiger partial charge >= 0.3 is 6.09 Å². The van der Waals surface area contributed by atoms with Gasteiger partial charge in [-0.3, -0.25) is 9.69 Å². The second-order valence-electron chi connectivity index (χ2n) is 5.48. The minimum absolute atomic E-state index is 0.167. The van der Waals surface area contributed by atoms with E-state index in [1.807, 2.05) is 30.3 Å². The molecule has 5 nitrogen and oxygen atoms in total. The van der Waals surface area contributed by atoms with Crippen LogP contribution in [0.2, 0.25) is 5.02 Å². The first-order valence-corrected chi connectivity index (χ1v) is 8.03. The average Bonchev–Trinajstić information content (AvgIpc) is 2.60. The van der Waals surface area contributed by atoms with Crippen LogP contribution in [0.15, 0.2) is 54.6 Å². The van der Waals surface area contributed by atoms with Crippen molar-refractivity contribution in [2.45, 2.75) is 12.6 Å². The molecular formula is C18H17ClN2O3. The summed E-state index contributed by atoms with van der Waals surface area (Å²) in [6, 6.07) is 15.6. The third-order valence-corrected chi connectivity index (χ3v) is 4.05. The van der Waals surface area contributed by atoms with Crippen molar-refractivity contribution in [1.29, 1.82) is 0 Å². The molecule has 1 heterocycles. The van der Waals surface area contributed by atoms with Gasteiger partial charge in [-0.2, -0.15) is 0 Å². The van der Waals surface area contributed by atoms with E-state index in [-0.39, 0.29) is 12.5 Å². The predicted octanol–water partition coefficient (Wildman–Crippen LogP) is 3.15. The number of amides is 2. The van der Waals surface area contributed by atoms with E-state index >= 15 is 0 Å². The molecule has 124 valence electrons. The molecule has 24 heavy (non-hydrogen) atoms. The van der Waals surface area contributed by atoms with Gasteiger partial charge in [0.25, 0.3) is 0 Å². The maximum atomic E-state index is 12.5. The van der Waals surface area contributed by atoms with Crippen molar-refractivity contribution in [3.63, 3.8) is 0 Å². The summed E-state index contributed by atoms with van der Waals surface area (Å²) in [6.45, 7) is 0.951. The molecule has 2 amide bonds. The molecule has 0 bridgehead atoms. The monoisotopic (exact) mass is 344 g/mol. The Hall–Kier alpha value is -2.53. The van der Waals surface area contributed by atoms with Crippen molar-refractivity contribution < 1.29 is 14.3 Å². The highest BCUT2D eigenvalue weighted by Crippen LogP contribution is 2.26. The number of carbonyl (C=O) groups excluding carboxylic acids is 2. The van der Waals surface area contributed by atoms with Gasteiger partial charge in [0.2, 0.25) is 5.91 Å². The molecule has 3 rings (SSSR count). The van der Waals surface area contributed by atoms with E-state index in [9.17, 15) is 9.59 Å². The molecule has 0 aliphatic carbocycles. The minimum atomic E-state index is -0.735. The van der Waals surface area contributed by atoms with Gasteiger partial charge in [-0.1, -0.05) is 54.1 Å². The largest absolute Gasteiger partial charge is 0.445 e. The Bertz CT molecular complexity index is 736. The summed E-state index contributed by atoms with van der Waals surface area (Å²) in [4.78, 5) is 26.2. The predicted molar refractivity (Wildman–Crippen MR) is 90.5 cm³/mol. The minimum Gasteiger partial charge on any atom is -0.445 e. The second-order valence-corrected chi connectivity index (χ2v) is 5.92. The number of piperazine rings is 1. The first kappa shape index (κ1) is 16.3. The van der Waals surface area contributed by atoms with E-state index in [4.69, 9.17) is 16.3 Å². The van der Waals surface area contributed by atoms with Gasteiger partial charge in [0.15, 0.2) is 0 Å². The van der Waals surface area contributed by atoms with Crippen molar-refractivity contribution in [3.05, 3.63) is 70.7 Å². The summed E-state index contributed by atoms with van der Waals surface area (Å²) in [7, 11) is 0. The van der Waals surface area contributed by atoms with Crippen molar-refractivity contribution in [1.82, 2.24) is 10.2 Å². The molecule has 2 aromatic carbocycles. The topological polar surface area (TPSA) is 58.6 Å². The number of ether oxygens (including phenoxy) is 1. The van der Waals surface area contributed by atoms with Crippen LogP contribution in [0.25, 0.3) is 0 Å². The van der Waals surface area contributed by atoms with Crippen LogP contribution in [0.4, 0.5) is 4.79 Å². The van der Waals surface area contributed by atoms with E-state index in [0.29, 0.717) is 23.7 Å². The highest BCUT2D eigenvalue weighted by atomic mass is 35.5. The van der Waals surface area contributed by atoms with Crippen molar-refractivity contribution in [2.75, 3.05) is 13.1 Å². The molecule has 1 atom stereocenters. The fourth-order valence-corrected chi connectivity index (χ4v) is 2.87. The summed E-state index contributed by atoms with van der Waals surface area (Å²) in [5.41, 5.74) is 1.56. The molecule has 1 aliphatic rings. The smallest absolute Gasteiger partial charge is 0.411 e. The first-order valence-electron chi connectivity index (χ1n) is 7.65. The van der Waals surface area contributed by atoms with Crippen LogP contribution < -0.4 is 5.32 Å². The quantitative estimate of drug-likeness (QED) is 0.930. The summed E-state index contributed by atoms with van der Waals surface area (Å²) in [5.74, 6) is -0.236. The number of rotatable bonds is 3. The Morgan fingerprint density at radius 3 is 2.75 bits per heavy atom. The fourth-order valence-electron chi connectivity index (χ4n) is 2.67. The second kappa shape index (κ2) is 7.36. The van der Waals surface area contributed by atoms with Gasteiger partial charge in [-0.05, 0) is 23.3 Å². The molecule has 1 saturated heterocycles. The molecule has 1 aliphatic heterocycles. The number of halogens is 1. The van der Waals surface area contributed by atoms with E-state index in [0.717, 1.165) is 5.56 Å². The highest BCUT2D eigenvalue weighted by Gasteiger charge is 2.35. The Morgan fingerprint density at radius 2 is 2.00 bits per heavy atom. The van der Waals surface area contributed by atoms with Gasteiger partial charge in [-0.15, -0.1) is 0 Å². The molecule has 0 aromatic heterocycles. The Labute approximate surface area is 145 Å². The molecule has 0 spiro atoms. The first-order chi connectivity index (χ1) is 11.6. The summed E-state index contributed by atoms with van der Waals surface area (Å²) < 4.78 is 5.37. The summed E-state index contributed by atoms with van der Waals surface area (Å²) in [5, 5.41) is 3.29. The molecule has 1 N–H and O–H groups in total. The summed E-state index contributed by atoms with van der Waals surface area (Å²) >= 11 is 6.01. The molecular weight excluding hydrogens is 328 g/mol. The standard InChI is InChI=1S/C18H17ClN2O3/c19-15-8-4-7-14(11-15)16-17(22)20-9-10-21(16)18(23)24-12-13-5-2-1-3-6-13/h1-8,11,16H,9-10,12H2,(H,20,22).